The Morgan fingerprint density at radius 1 is 1.29 bits per heavy atom. The van der Waals surface area contributed by atoms with E-state index < -0.39 is 39.2 Å². The molecule has 0 bridgehead atoms. The lowest BCUT2D eigenvalue weighted by atomic mass is 9.77. The van der Waals surface area contributed by atoms with Gasteiger partial charge in [-0.1, -0.05) is 19.4 Å². The van der Waals surface area contributed by atoms with Crippen LogP contribution >= 0.6 is 0 Å². The van der Waals surface area contributed by atoms with Crippen molar-refractivity contribution in [2.75, 3.05) is 6.54 Å². The molecule has 1 aromatic rings. The Balaban J connectivity index is 3.22. The van der Waals surface area contributed by atoms with Gasteiger partial charge in [0, 0.05) is 6.54 Å². The van der Waals surface area contributed by atoms with E-state index in [4.69, 9.17) is 10.0 Å². The molecule has 1 rings (SSSR count). The third-order valence-corrected chi connectivity index (χ3v) is 4.20. The summed E-state index contributed by atoms with van der Waals surface area (Å²) >= 11 is 0. The van der Waals surface area contributed by atoms with Gasteiger partial charge in [0.25, 0.3) is 0 Å². The predicted octanol–water partition coefficient (Wildman–Crippen LogP) is 0.464. The highest BCUT2D eigenvalue weighted by molar-refractivity contribution is 7.89. The lowest BCUT2D eigenvalue weighted by Crippen LogP contribution is -2.36. The average molecular weight is 325 g/mol. The monoisotopic (exact) mass is 325 g/mol. The molecule has 0 heterocycles. The SMILES string of the molecule is CCCCNS(=O)(=O)c1ccc(B(O)O)c(C(F)(F)F)c1. The Morgan fingerprint density at radius 3 is 2.38 bits per heavy atom. The molecule has 21 heavy (non-hydrogen) atoms. The largest absolute Gasteiger partial charge is 0.489 e. The van der Waals surface area contributed by atoms with Crippen LogP contribution in [0.15, 0.2) is 23.1 Å². The first kappa shape index (κ1) is 18.0. The summed E-state index contributed by atoms with van der Waals surface area (Å²) in [6.45, 7) is 1.96. The highest BCUT2D eigenvalue weighted by Crippen LogP contribution is 2.29. The van der Waals surface area contributed by atoms with E-state index in [1.165, 1.54) is 0 Å². The van der Waals surface area contributed by atoms with Crippen molar-refractivity contribution in [3.63, 3.8) is 0 Å². The van der Waals surface area contributed by atoms with Gasteiger partial charge in [0.2, 0.25) is 10.0 Å². The number of halogens is 3. The Bertz CT molecular complexity index is 590. The van der Waals surface area contributed by atoms with Gasteiger partial charge in [0.05, 0.1) is 10.5 Å². The molecule has 0 fully saturated rings. The fourth-order valence-corrected chi connectivity index (χ4v) is 2.74. The molecule has 0 saturated heterocycles. The van der Waals surface area contributed by atoms with Gasteiger partial charge >= 0.3 is 13.3 Å². The second-order valence-electron chi connectivity index (χ2n) is 4.37. The fourth-order valence-electron chi connectivity index (χ4n) is 1.64. The first-order valence-electron chi connectivity index (χ1n) is 6.16. The predicted molar refractivity (Wildman–Crippen MR) is 71.4 cm³/mol. The number of sulfonamides is 1. The van der Waals surface area contributed by atoms with E-state index in [9.17, 15) is 21.6 Å². The number of rotatable bonds is 6. The molecular formula is C11H15BF3NO4S. The highest BCUT2D eigenvalue weighted by atomic mass is 32.2. The van der Waals surface area contributed by atoms with Crippen LogP contribution in [0.3, 0.4) is 0 Å². The molecule has 0 spiro atoms. The van der Waals surface area contributed by atoms with E-state index in [1.807, 2.05) is 6.92 Å². The van der Waals surface area contributed by atoms with Crippen LogP contribution in [-0.2, 0) is 16.2 Å². The smallest absolute Gasteiger partial charge is 0.423 e. The van der Waals surface area contributed by atoms with Crippen molar-refractivity contribution in [3.05, 3.63) is 23.8 Å². The summed E-state index contributed by atoms with van der Waals surface area (Å²) < 4.78 is 64.4. The van der Waals surface area contributed by atoms with Crippen molar-refractivity contribution < 1.29 is 31.6 Å². The standard InChI is InChI=1S/C11H15BF3NO4S/c1-2-3-6-16-21(19,20)8-4-5-10(12(17)18)9(7-8)11(13,14)15/h4-5,7,16-18H,2-3,6H2,1H3. The van der Waals surface area contributed by atoms with E-state index in [-0.39, 0.29) is 6.54 Å². The Labute approximate surface area is 121 Å². The van der Waals surface area contributed by atoms with Crippen LogP contribution in [-0.4, -0.2) is 32.1 Å². The molecular weight excluding hydrogens is 310 g/mol. The molecule has 5 nitrogen and oxygen atoms in total. The normalized spacial score (nSPS) is 12.5. The number of unbranched alkanes of at least 4 members (excludes halogenated alkanes) is 1. The minimum atomic E-state index is -4.89. The maximum absolute atomic E-state index is 12.8. The summed E-state index contributed by atoms with van der Waals surface area (Å²) in [4.78, 5) is -0.574. The summed E-state index contributed by atoms with van der Waals surface area (Å²) in [7, 11) is -6.41. The Morgan fingerprint density at radius 2 is 1.90 bits per heavy atom. The molecule has 1 aromatic carbocycles. The van der Waals surface area contributed by atoms with E-state index in [0.717, 1.165) is 18.6 Å². The van der Waals surface area contributed by atoms with Gasteiger partial charge in [-0.15, -0.1) is 0 Å². The first-order valence-corrected chi connectivity index (χ1v) is 7.65. The molecule has 118 valence electrons. The van der Waals surface area contributed by atoms with Crippen LogP contribution < -0.4 is 10.2 Å². The summed E-state index contributed by atoms with van der Waals surface area (Å²) in [5.74, 6) is 0. The van der Waals surface area contributed by atoms with Gasteiger partial charge in [-0.3, -0.25) is 0 Å². The molecule has 3 N–H and O–H groups in total. The number of nitrogens with one attached hydrogen (secondary N) is 1. The lowest BCUT2D eigenvalue weighted by Gasteiger charge is -2.14. The van der Waals surface area contributed by atoms with Gasteiger partial charge in [0.15, 0.2) is 0 Å². The quantitative estimate of drug-likeness (QED) is 0.524. The van der Waals surface area contributed by atoms with Gasteiger partial charge in [0.1, 0.15) is 0 Å². The van der Waals surface area contributed by atoms with Gasteiger partial charge < -0.3 is 10.0 Å². The van der Waals surface area contributed by atoms with Crippen LogP contribution in [0.2, 0.25) is 0 Å². The topological polar surface area (TPSA) is 86.6 Å². The molecule has 0 aliphatic rings. The number of alkyl halides is 3. The van der Waals surface area contributed by atoms with Crippen LogP contribution in [0.25, 0.3) is 0 Å². The van der Waals surface area contributed by atoms with Gasteiger partial charge in [-0.2, -0.15) is 13.2 Å². The molecule has 10 heteroatoms. The molecule has 0 aliphatic carbocycles. The van der Waals surface area contributed by atoms with E-state index in [0.29, 0.717) is 12.5 Å². The molecule has 0 amide bonds. The van der Waals surface area contributed by atoms with Crippen LogP contribution in [0.5, 0.6) is 0 Å². The van der Waals surface area contributed by atoms with E-state index >= 15 is 0 Å². The van der Waals surface area contributed by atoms with Crippen molar-refractivity contribution in [2.24, 2.45) is 0 Å². The molecule has 0 radical (unpaired) electrons. The average Bonchev–Trinajstić information content (AvgIpc) is 2.37. The van der Waals surface area contributed by atoms with Crippen molar-refractivity contribution in [1.82, 2.24) is 4.72 Å². The Hall–Kier alpha value is -1.10. The fraction of sp³-hybridized carbons (Fsp3) is 0.455. The molecule has 0 unspecified atom stereocenters. The molecule has 0 aromatic heterocycles. The first-order chi connectivity index (χ1) is 9.59. The molecule has 0 aliphatic heterocycles. The zero-order valence-corrected chi connectivity index (χ0v) is 12.0. The second kappa shape index (κ2) is 6.78. The lowest BCUT2D eigenvalue weighted by molar-refractivity contribution is -0.137. The molecule has 0 saturated carbocycles. The van der Waals surface area contributed by atoms with E-state index in [2.05, 4.69) is 4.72 Å². The maximum atomic E-state index is 12.8. The van der Waals surface area contributed by atoms with Crippen molar-refractivity contribution in [1.29, 1.82) is 0 Å². The third-order valence-electron chi connectivity index (χ3n) is 2.74. The minimum Gasteiger partial charge on any atom is -0.423 e. The van der Waals surface area contributed by atoms with Crippen molar-refractivity contribution in [2.45, 2.75) is 30.8 Å². The van der Waals surface area contributed by atoms with Gasteiger partial charge in [-0.25, -0.2) is 13.1 Å². The van der Waals surface area contributed by atoms with Crippen molar-refractivity contribution >= 4 is 22.6 Å². The molecule has 0 atom stereocenters. The van der Waals surface area contributed by atoms with Crippen LogP contribution in [0.1, 0.15) is 25.3 Å². The van der Waals surface area contributed by atoms with E-state index in [1.54, 1.807) is 0 Å². The Kier molecular flexibility index (Phi) is 5.79. The highest BCUT2D eigenvalue weighted by Gasteiger charge is 2.37. The zero-order chi connectivity index (χ0) is 16.3. The van der Waals surface area contributed by atoms with Crippen LogP contribution in [0, 0.1) is 0 Å². The maximum Gasteiger partial charge on any atom is 0.489 e. The van der Waals surface area contributed by atoms with Crippen molar-refractivity contribution in [3.8, 4) is 0 Å². The minimum absolute atomic E-state index is 0.116. The summed E-state index contributed by atoms with van der Waals surface area (Å²) in [6.07, 6.45) is -3.61. The summed E-state index contributed by atoms with van der Waals surface area (Å²) in [5, 5.41) is 17.9. The summed E-state index contributed by atoms with van der Waals surface area (Å²) in [6, 6.07) is 2.03. The second-order valence-corrected chi connectivity index (χ2v) is 6.14. The third kappa shape index (κ3) is 4.70. The zero-order valence-electron chi connectivity index (χ0n) is 11.2. The number of hydrogen-bond donors (Lipinski definition) is 3. The summed E-state index contributed by atoms with van der Waals surface area (Å²) in [5.41, 5.74) is -2.19. The number of benzene rings is 1. The van der Waals surface area contributed by atoms with Gasteiger partial charge in [-0.05, 0) is 24.0 Å². The number of hydrogen-bond acceptors (Lipinski definition) is 4. The van der Waals surface area contributed by atoms with Crippen LogP contribution in [0.4, 0.5) is 13.2 Å².